The van der Waals surface area contributed by atoms with Gasteiger partial charge in [0.05, 0.1) is 0 Å². The van der Waals surface area contributed by atoms with Gasteiger partial charge in [0.25, 0.3) is 0 Å². The Labute approximate surface area is 157 Å². The molecule has 2 unspecified atom stereocenters. The van der Waals surface area contributed by atoms with Gasteiger partial charge in [-0.25, -0.2) is 3.11 Å². The molecule has 0 bridgehead atoms. The Kier molecular flexibility index (Phi) is 5.97. The Balaban J connectivity index is 1.33. The van der Waals surface area contributed by atoms with Crippen molar-refractivity contribution in [2.24, 2.45) is 17.3 Å². The minimum atomic E-state index is 0.685. The summed E-state index contributed by atoms with van der Waals surface area (Å²) in [5, 5.41) is 0. The van der Waals surface area contributed by atoms with Crippen LogP contribution in [0.2, 0.25) is 0 Å². The largest absolute Gasteiger partial charge is 0.301 e. The predicted molar refractivity (Wildman–Crippen MR) is 107 cm³/mol. The van der Waals surface area contributed by atoms with Gasteiger partial charge in [-0.15, -0.1) is 0 Å². The van der Waals surface area contributed by atoms with Gasteiger partial charge in [0.2, 0.25) is 0 Å². The Morgan fingerprint density at radius 1 is 0.913 bits per heavy atom. The lowest BCUT2D eigenvalue weighted by Gasteiger charge is -2.60. The summed E-state index contributed by atoms with van der Waals surface area (Å²) >= 11 is 2.47. The first-order chi connectivity index (χ1) is 10.9. The Bertz CT molecular complexity index is 378. The van der Waals surface area contributed by atoms with Crippen LogP contribution in [0.4, 0.5) is 0 Å². The summed E-state index contributed by atoms with van der Waals surface area (Å²) in [7, 11) is 0. The maximum Gasteiger partial charge on any atom is 0.0228 e. The number of halogens is 1. The zero-order valence-corrected chi connectivity index (χ0v) is 17.8. The molecule has 3 rings (SSSR count). The van der Waals surface area contributed by atoms with Crippen LogP contribution in [0.1, 0.15) is 53.4 Å². The van der Waals surface area contributed by atoms with E-state index in [9.17, 15) is 0 Å². The first kappa shape index (κ1) is 18.4. The fourth-order valence-corrected chi connectivity index (χ4v) is 6.38. The molecule has 0 aromatic heterocycles. The van der Waals surface area contributed by atoms with E-state index in [1.165, 1.54) is 65.0 Å². The maximum absolute atomic E-state index is 2.73. The Morgan fingerprint density at radius 2 is 1.52 bits per heavy atom. The normalized spacial score (nSPS) is 29.5. The summed E-state index contributed by atoms with van der Waals surface area (Å²) < 4.78 is 2.44. The molecule has 3 saturated heterocycles. The minimum absolute atomic E-state index is 0.685. The molecule has 3 fully saturated rings. The van der Waals surface area contributed by atoms with Crippen LogP contribution in [0, 0.1) is 17.3 Å². The van der Waals surface area contributed by atoms with Gasteiger partial charge < -0.3 is 4.90 Å². The SMILES string of the molecule is CC(CCC(C)N1CC2(CN(I)C2)C1)C1CCN(C(C)C)CC1. The van der Waals surface area contributed by atoms with Crippen molar-refractivity contribution in [1.29, 1.82) is 0 Å². The molecule has 0 amide bonds. The standard InChI is InChI=1S/C19H36IN3/c1-15(2)21-9-7-18(8-10-21)16(3)5-6-17(4)22-11-19(12-22)13-23(20)14-19/h15-18H,5-14H2,1-4H3. The summed E-state index contributed by atoms with van der Waals surface area (Å²) in [5.41, 5.74) is 0.685. The fraction of sp³-hybridized carbons (Fsp3) is 1.00. The molecule has 134 valence electrons. The van der Waals surface area contributed by atoms with Gasteiger partial charge in [-0.2, -0.15) is 0 Å². The zero-order valence-electron chi connectivity index (χ0n) is 15.6. The van der Waals surface area contributed by atoms with E-state index >= 15 is 0 Å². The van der Waals surface area contributed by atoms with Crippen LogP contribution in [0.5, 0.6) is 0 Å². The van der Waals surface area contributed by atoms with Gasteiger partial charge in [0, 0.05) is 66.5 Å². The van der Waals surface area contributed by atoms with Gasteiger partial charge in [-0.3, -0.25) is 4.90 Å². The summed E-state index contributed by atoms with van der Waals surface area (Å²) in [6, 6.07) is 1.53. The van der Waals surface area contributed by atoms with E-state index in [1.807, 2.05) is 0 Å². The van der Waals surface area contributed by atoms with Gasteiger partial charge in [0.1, 0.15) is 0 Å². The first-order valence-corrected chi connectivity index (χ1v) is 10.7. The highest BCUT2D eigenvalue weighted by Crippen LogP contribution is 2.42. The summed E-state index contributed by atoms with van der Waals surface area (Å²) in [4.78, 5) is 5.39. The number of hydrogen-bond donors (Lipinski definition) is 0. The quantitative estimate of drug-likeness (QED) is 0.465. The predicted octanol–water partition coefficient (Wildman–Crippen LogP) is 3.88. The molecule has 4 heteroatoms. The Hall–Kier alpha value is 0.610. The summed E-state index contributed by atoms with van der Waals surface area (Å²) in [5.74, 6) is 1.88. The molecule has 23 heavy (non-hydrogen) atoms. The molecular formula is C19H36IN3. The minimum Gasteiger partial charge on any atom is -0.301 e. The molecule has 0 N–H and O–H groups in total. The highest BCUT2D eigenvalue weighted by molar-refractivity contribution is 14.1. The van der Waals surface area contributed by atoms with Gasteiger partial charge >= 0.3 is 0 Å². The molecule has 3 aliphatic heterocycles. The average molecular weight is 433 g/mol. The Morgan fingerprint density at radius 3 is 2.04 bits per heavy atom. The van der Waals surface area contributed by atoms with Gasteiger partial charge in [-0.1, -0.05) is 6.92 Å². The molecule has 0 aromatic carbocycles. The summed E-state index contributed by atoms with van der Waals surface area (Å²) in [6.45, 7) is 17.6. The molecule has 0 radical (unpaired) electrons. The van der Waals surface area contributed by atoms with Crippen molar-refractivity contribution in [3.8, 4) is 0 Å². The topological polar surface area (TPSA) is 9.72 Å². The third-order valence-corrected chi connectivity index (χ3v) is 7.55. The number of nitrogens with zero attached hydrogens (tertiary/aromatic N) is 3. The van der Waals surface area contributed by atoms with E-state index in [2.05, 4.69) is 63.5 Å². The van der Waals surface area contributed by atoms with E-state index in [0.717, 1.165) is 23.9 Å². The second-order valence-electron chi connectivity index (χ2n) is 9.05. The van der Waals surface area contributed by atoms with Crippen LogP contribution in [-0.4, -0.2) is 64.3 Å². The third kappa shape index (κ3) is 4.24. The van der Waals surface area contributed by atoms with Crippen LogP contribution in [0.3, 0.4) is 0 Å². The van der Waals surface area contributed by atoms with Gasteiger partial charge in [0.15, 0.2) is 0 Å². The molecule has 3 heterocycles. The molecule has 0 aliphatic carbocycles. The van der Waals surface area contributed by atoms with E-state index < -0.39 is 0 Å². The highest BCUT2D eigenvalue weighted by atomic mass is 127. The first-order valence-electron chi connectivity index (χ1n) is 9.77. The van der Waals surface area contributed by atoms with E-state index in [-0.39, 0.29) is 0 Å². The molecule has 0 saturated carbocycles. The molecule has 3 aliphatic rings. The lowest BCUT2D eigenvalue weighted by atomic mass is 9.73. The van der Waals surface area contributed by atoms with Crippen molar-refractivity contribution in [2.45, 2.75) is 65.5 Å². The van der Waals surface area contributed by atoms with Gasteiger partial charge in [-0.05, 0) is 71.4 Å². The molecule has 3 nitrogen and oxygen atoms in total. The van der Waals surface area contributed by atoms with E-state index in [4.69, 9.17) is 0 Å². The number of likely N-dealkylation sites (tertiary alicyclic amines) is 2. The number of piperidine rings is 1. The molecular weight excluding hydrogens is 397 g/mol. The second kappa shape index (κ2) is 7.46. The maximum atomic E-state index is 2.73. The smallest absolute Gasteiger partial charge is 0.0228 e. The lowest BCUT2D eigenvalue weighted by Crippen LogP contribution is -2.71. The average Bonchev–Trinajstić information content (AvgIpc) is 2.46. The van der Waals surface area contributed by atoms with E-state index in [0.29, 0.717) is 5.41 Å². The van der Waals surface area contributed by atoms with Crippen molar-refractivity contribution < 1.29 is 0 Å². The summed E-state index contributed by atoms with van der Waals surface area (Å²) in [6.07, 6.45) is 5.67. The second-order valence-corrected chi connectivity index (χ2v) is 10.4. The monoisotopic (exact) mass is 433 g/mol. The highest BCUT2D eigenvalue weighted by Gasteiger charge is 2.51. The van der Waals surface area contributed by atoms with Crippen molar-refractivity contribution >= 4 is 22.9 Å². The molecule has 2 atom stereocenters. The zero-order chi connectivity index (χ0) is 16.6. The molecule has 0 aromatic rings. The van der Waals surface area contributed by atoms with Crippen molar-refractivity contribution in [1.82, 2.24) is 12.9 Å². The third-order valence-electron chi connectivity index (χ3n) is 6.86. The lowest BCUT2D eigenvalue weighted by molar-refractivity contribution is -0.0900. The number of rotatable bonds is 6. The van der Waals surface area contributed by atoms with Crippen LogP contribution >= 0.6 is 22.9 Å². The fourth-order valence-electron chi connectivity index (χ4n) is 4.94. The van der Waals surface area contributed by atoms with Crippen molar-refractivity contribution in [2.75, 3.05) is 39.3 Å². The molecule has 1 spiro atoms. The van der Waals surface area contributed by atoms with Crippen molar-refractivity contribution in [3.63, 3.8) is 0 Å². The number of hydrogen-bond acceptors (Lipinski definition) is 3. The van der Waals surface area contributed by atoms with E-state index in [1.54, 1.807) is 0 Å². The van der Waals surface area contributed by atoms with Crippen LogP contribution < -0.4 is 0 Å². The van der Waals surface area contributed by atoms with Crippen LogP contribution in [0.25, 0.3) is 0 Å². The van der Waals surface area contributed by atoms with Crippen molar-refractivity contribution in [3.05, 3.63) is 0 Å². The van der Waals surface area contributed by atoms with Crippen LogP contribution in [0.15, 0.2) is 0 Å². The van der Waals surface area contributed by atoms with Crippen LogP contribution in [-0.2, 0) is 0 Å².